The van der Waals surface area contributed by atoms with Gasteiger partial charge in [-0.05, 0) is 41.5 Å². The van der Waals surface area contributed by atoms with E-state index in [4.69, 9.17) is 22.1 Å². The summed E-state index contributed by atoms with van der Waals surface area (Å²) in [6, 6.07) is 6.73. The minimum Gasteiger partial charge on any atom is -0.383 e. The summed E-state index contributed by atoms with van der Waals surface area (Å²) in [6.45, 7) is 1.46. The predicted molar refractivity (Wildman–Crippen MR) is 112 cm³/mol. The minimum atomic E-state index is -0.627. The fraction of sp³-hybridized carbons (Fsp3) is 0.250. The van der Waals surface area contributed by atoms with E-state index in [1.807, 2.05) is 16.9 Å². The van der Waals surface area contributed by atoms with Gasteiger partial charge < -0.3 is 10.5 Å². The quantitative estimate of drug-likeness (QED) is 0.518. The number of pyridine rings is 1. The third-order valence-electron chi connectivity index (χ3n) is 5.29. The van der Waals surface area contributed by atoms with Crippen molar-refractivity contribution in [3.8, 4) is 28.2 Å². The average molecular weight is 441 g/mol. The molecule has 31 heavy (non-hydrogen) atoms. The molecule has 9 nitrogen and oxygen atoms in total. The van der Waals surface area contributed by atoms with Crippen molar-refractivity contribution < 1.29 is 9.13 Å². The van der Waals surface area contributed by atoms with E-state index in [2.05, 4.69) is 25.6 Å². The number of rotatable bonds is 4. The molecular weight excluding hydrogens is 423 g/mol. The van der Waals surface area contributed by atoms with Gasteiger partial charge in [-0.25, -0.2) is 9.37 Å². The lowest BCUT2D eigenvalue weighted by molar-refractivity contribution is 0.0662. The first-order valence-electron chi connectivity index (χ1n) is 9.73. The third-order valence-corrected chi connectivity index (χ3v) is 5.58. The Morgan fingerprint density at radius 3 is 2.84 bits per heavy atom. The van der Waals surface area contributed by atoms with E-state index in [1.165, 1.54) is 16.8 Å². The number of hydrogen-bond acceptors (Lipinski definition) is 7. The van der Waals surface area contributed by atoms with Crippen molar-refractivity contribution >= 4 is 17.4 Å². The summed E-state index contributed by atoms with van der Waals surface area (Å²) in [5.74, 6) is -0.151. The Morgan fingerprint density at radius 2 is 2.00 bits per heavy atom. The van der Waals surface area contributed by atoms with E-state index in [1.54, 1.807) is 18.5 Å². The summed E-state index contributed by atoms with van der Waals surface area (Å²) < 4.78 is 23.2. The van der Waals surface area contributed by atoms with E-state index in [-0.39, 0.29) is 22.4 Å². The Kier molecular flexibility index (Phi) is 5.08. The first kappa shape index (κ1) is 19.6. The summed E-state index contributed by atoms with van der Waals surface area (Å²) in [4.78, 5) is 4.30. The molecule has 0 saturated carbocycles. The van der Waals surface area contributed by atoms with Gasteiger partial charge in [0.1, 0.15) is 11.5 Å². The Morgan fingerprint density at radius 1 is 1.16 bits per heavy atom. The number of ether oxygens (including phenoxy) is 1. The summed E-state index contributed by atoms with van der Waals surface area (Å²) in [5, 5.41) is 16.1. The van der Waals surface area contributed by atoms with Crippen LogP contribution >= 0.6 is 11.6 Å². The zero-order valence-electron chi connectivity index (χ0n) is 16.3. The molecule has 4 heterocycles. The number of halogens is 2. The molecular formula is C20H18ClFN8O. The Balaban J connectivity index is 1.53. The number of anilines is 1. The maximum atomic E-state index is 14.6. The number of nitrogens with zero attached hydrogens (tertiary/aromatic N) is 7. The lowest BCUT2D eigenvalue weighted by Gasteiger charge is -2.22. The molecule has 0 amide bonds. The van der Waals surface area contributed by atoms with Crippen LogP contribution in [0.15, 0.2) is 42.9 Å². The topological polar surface area (TPSA) is 110 Å². The second-order valence-electron chi connectivity index (χ2n) is 7.20. The molecule has 0 unspecified atom stereocenters. The highest BCUT2D eigenvalue weighted by Gasteiger charge is 2.20. The van der Waals surface area contributed by atoms with E-state index >= 15 is 0 Å². The monoisotopic (exact) mass is 440 g/mol. The molecule has 0 spiro atoms. The Hall–Kier alpha value is -3.37. The molecule has 11 heteroatoms. The van der Waals surface area contributed by atoms with Crippen molar-refractivity contribution in [2.24, 2.45) is 0 Å². The number of tetrazole rings is 1. The first-order chi connectivity index (χ1) is 15.1. The summed E-state index contributed by atoms with van der Waals surface area (Å²) in [7, 11) is 0. The van der Waals surface area contributed by atoms with E-state index < -0.39 is 5.82 Å². The highest BCUT2D eigenvalue weighted by atomic mass is 35.5. The average Bonchev–Trinajstić information content (AvgIpc) is 3.47. The zero-order chi connectivity index (χ0) is 21.4. The zero-order valence-corrected chi connectivity index (χ0v) is 17.1. The van der Waals surface area contributed by atoms with Crippen molar-refractivity contribution in [3.05, 3.63) is 53.7 Å². The number of aromatic nitrogens is 7. The van der Waals surface area contributed by atoms with Crippen LogP contribution < -0.4 is 5.73 Å². The molecule has 1 saturated heterocycles. The smallest absolute Gasteiger partial charge is 0.190 e. The van der Waals surface area contributed by atoms with E-state index in [0.29, 0.717) is 11.6 Å². The van der Waals surface area contributed by atoms with Gasteiger partial charge in [0.2, 0.25) is 0 Å². The molecule has 0 atom stereocenters. The largest absolute Gasteiger partial charge is 0.383 e. The van der Waals surface area contributed by atoms with Gasteiger partial charge in [0.05, 0.1) is 22.8 Å². The van der Waals surface area contributed by atoms with E-state index in [9.17, 15) is 4.39 Å². The molecule has 0 radical (unpaired) electrons. The molecule has 2 N–H and O–H groups in total. The van der Waals surface area contributed by atoms with Crippen LogP contribution in [0.3, 0.4) is 0 Å². The molecule has 1 aliphatic heterocycles. The fourth-order valence-corrected chi connectivity index (χ4v) is 3.79. The van der Waals surface area contributed by atoms with Gasteiger partial charge in [-0.1, -0.05) is 17.7 Å². The van der Waals surface area contributed by atoms with E-state index in [0.717, 1.165) is 37.2 Å². The summed E-state index contributed by atoms with van der Waals surface area (Å²) in [5.41, 5.74) is 8.39. The number of nitrogen functional groups attached to an aromatic ring is 1. The molecule has 0 bridgehead atoms. The van der Waals surface area contributed by atoms with Gasteiger partial charge in [0, 0.05) is 36.7 Å². The standard InChI is InChI=1S/C20H18ClFN8O/c21-16-2-1-3-17(18(16)22)30-20(26-27-28-30)15-8-12(9-24-19(15)23)13-10-25-29(11-13)14-4-6-31-7-5-14/h1-3,8-11,14H,4-7H2,(H2,23,24). The van der Waals surface area contributed by atoms with Crippen LogP contribution in [-0.2, 0) is 4.74 Å². The van der Waals surface area contributed by atoms with Crippen molar-refractivity contribution in [2.45, 2.75) is 18.9 Å². The van der Waals surface area contributed by atoms with Crippen molar-refractivity contribution in [2.75, 3.05) is 18.9 Å². The van der Waals surface area contributed by atoms with Crippen molar-refractivity contribution in [1.29, 1.82) is 0 Å². The van der Waals surface area contributed by atoms with Gasteiger partial charge in [-0.15, -0.1) is 5.10 Å². The number of nitrogens with two attached hydrogens (primary N) is 1. The highest BCUT2D eigenvalue weighted by molar-refractivity contribution is 6.30. The molecule has 1 fully saturated rings. The summed E-state index contributed by atoms with van der Waals surface area (Å²) in [6.07, 6.45) is 7.27. The van der Waals surface area contributed by atoms with Gasteiger partial charge in [0.25, 0.3) is 0 Å². The Labute approximate surface area is 181 Å². The predicted octanol–water partition coefficient (Wildman–Crippen LogP) is 3.31. The van der Waals surface area contributed by atoms with Crippen LogP contribution in [0.25, 0.3) is 28.2 Å². The number of benzene rings is 1. The van der Waals surface area contributed by atoms with Gasteiger partial charge >= 0.3 is 0 Å². The molecule has 1 aliphatic rings. The van der Waals surface area contributed by atoms with Crippen LogP contribution in [0.2, 0.25) is 5.02 Å². The summed E-state index contributed by atoms with van der Waals surface area (Å²) >= 11 is 5.92. The molecule has 3 aromatic heterocycles. The third kappa shape index (κ3) is 3.64. The number of hydrogen-bond donors (Lipinski definition) is 1. The van der Waals surface area contributed by atoms with Gasteiger partial charge in [0.15, 0.2) is 11.6 Å². The molecule has 4 aromatic rings. The molecule has 158 valence electrons. The molecule has 5 rings (SSSR count). The SMILES string of the molecule is Nc1ncc(-c2cnn(C3CCOCC3)c2)cc1-c1nnnn1-c1cccc(Cl)c1F. The van der Waals surface area contributed by atoms with Gasteiger partial charge in [-0.2, -0.15) is 9.78 Å². The van der Waals surface area contributed by atoms with Crippen LogP contribution in [0.4, 0.5) is 10.2 Å². The van der Waals surface area contributed by atoms with Crippen LogP contribution in [0.1, 0.15) is 18.9 Å². The fourth-order valence-electron chi connectivity index (χ4n) is 3.62. The molecule has 1 aromatic carbocycles. The van der Waals surface area contributed by atoms with Crippen LogP contribution in [0, 0.1) is 5.82 Å². The first-order valence-corrected chi connectivity index (χ1v) is 10.1. The second-order valence-corrected chi connectivity index (χ2v) is 7.60. The second kappa shape index (κ2) is 8.05. The minimum absolute atomic E-state index is 0.0284. The maximum absolute atomic E-state index is 14.6. The highest BCUT2D eigenvalue weighted by Crippen LogP contribution is 2.31. The maximum Gasteiger partial charge on any atom is 0.190 e. The van der Waals surface area contributed by atoms with Crippen molar-refractivity contribution in [1.82, 2.24) is 35.0 Å². The lowest BCUT2D eigenvalue weighted by Crippen LogP contribution is -2.19. The Bertz CT molecular complexity index is 1230. The molecule has 0 aliphatic carbocycles. The van der Waals surface area contributed by atoms with Crippen LogP contribution in [0.5, 0.6) is 0 Å². The van der Waals surface area contributed by atoms with Gasteiger partial charge in [-0.3, -0.25) is 4.68 Å². The lowest BCUT2D eigenvalue weighted by atomic mass is 10.1. The van der Waals surface area contributed by atoms with Crippen molar-refractivity contribution in [3.63, 3.8) is 0 Å². The normalized spacial score (nSPS) is 14.8. The van der Waals surface area contributed by atoms with Crippen LogP contribution in [-0.4, -0.2) is 48.2 Å².